The number of aryl methyl sites for hydroxylation is 2. The van der Waals surface area contributed by atoms with Gasteiger partial charge in [-0.3, -0.25) is 9.67 Å². The molecule has 0 amide bonds. The lowest BCUT2D eigenvalue weighted by atomic mass is 10.3. The van der Waals surface area contributed by atoms with Gasteiger partial charge in [0, 0.05) is 30.5 Å². The minimum absolute atomic E-state index is 1.01. The van der Waals surface area contributed by atoms with Gasteiger partial charge in [-0.05, 0) is 13.0 Å². The van der Waals surface area contributed by atoms with Gasteiger partial charge in [0.25, 0.3) is 0 Å². The Morgan fingerprint density at radius 3 is 3.09 bits per heavy atom. The molecule has 0 aliphatic carbocycles. The molecule has 2 aromatic heterocycles. The van der Waals surface area contributed by atoms with Crippen LogP contribution < -0.4 is 0 Å². The minimum Gasteiger partial charge on any atom is -0.275 e. The van der Waals surface area contributed by atoms with Gasteiger partial charge in [0.05, 0.1) is 5.52 Å². The van der Waals surface area contributed by atoms with Crippen molar-refractivity contribution in [3.63, 3.8) is 0 Å². The lowest BCUT2D eigenvalue weighted by Crippen LogP contribution is -1.84. The largest absolute Gasteiger partial charge is 0.275 e. The minimum atomic E-state index is 1.01. The van der Waals surface area contributed by atoms with Crippen LogP contribution in [0.2, 0.25) is 0 Å². The highest BCUT2D eigenvalue weighted by Crippen LogP contribution is 2.09. The second kappa shape index (κ2) is 2.05. The van der Waals surface area contributed by atoms with Gasteiger partial charge in [0.1, 0.15) is 0 Å². The SMILES string of the molecule is Cc1cc2nn(C)cc2cn1. The molecule has 0 radical (unpaired) electrons. The van der Waals surface area contributed by atoms with E-state index in [2.05, 4.69) is 10.1 Å². The van der Waals surface area contributed by atoms with Crippen LogP contribution in [0.15, 0.2) is 18.5 Å². The van der Waals surface area contributed by atoms with Gasteiger partial charge in [-0.15, -0.1) is 0 Å². The van der Waals surface area contributed by atoms with Crippen LogP contribution in [0.4, 0.5) is 0 Å². The maximum absolute atomic E-state index is 4.25. The molecule has 0 bridgehead atoms. The van der Waals surface area contributed by atoms with Crippen molar-refractivity contribution < 1.29 is 0 Å². The van der Waals surface area contributed by atoms with Crippen molar-refractivity contribution >= 4 is 10.9 Å². The molecule has 2 heterocycles. The molecule has 0 saturated carbocycles. The number of pyridine rings is 1. The van der Waals surface area contributed by atoms with Gasteiger partial charge < -0.3 is 0 Å². The molecular formula is C8H9N3. The molecule has 2 aromatic rings. The maximum atomic E-state index is 4.25. The van der Waals surface area contributed by atoms with Gasteiger partial charge in [-0.2, -0.15) is 5.10 Å². The van der Waals surface area contributed by atoms with Crippen LogP contribution in [-0.4, -0.2) is 14.8 Å². The second-order valence-electron chi connectivity index (χ2n) is 2.69. The summed E-state index contributed by atoms with van der Waals surface area (Å²) in [5, 5.41) is 5.35. The first-order chi connectivity index (χ1) is 5.25. The van der Waals surface area contributed by atoms with Crippen LogP contribution in [-0.2, 0) is 7.05 Å². The third kappa shape index (κ3) is 0.981. The van der Waals surface area contributed by atoms with E-state index in [4.69, 9.17) is 0 Å². The zero-order valence-corrected chi connectivity index (χ0v) is 6.57. The topological polar surface area (TPSA) is 30.7 Å². The summed E-state index contributed by atoms with van der Waals surface area (Å²) in [5.74, 6) is 0. The van der Waals surface area contributed by atoms with E-state index in [1.54, 1.807) is 4.68 Å². The fourth-order valence-electron chi connectivity index (χ4n) is 1.14. The quantitative estimate of drug-likeness (QED) is 0.562. The molecule has 0 fully saturated rings. The average molecular weight is 147 g/mol. The van der Waals surface area contributed by atoms with E-state index in [9.17, 15) is 0 Å². The summed E-state index contributed by atoms with van der Waals surface area (Å²) < 4.78 is 1.80. The second-order valence-corrected chi connectivity index (χ2v) is 2.69. The molecule has 56 valence electrons. The summed E-state index contributed by atoms with van der Waals surface area (Å²) in [5.41, 5.74) is 2.02. The van der Waals surface area contributed by atoms with E-state index in [1.165, 1.54) is 0 Å². The Hall–Kier alpha value is -1.38. The smallest absolute Gasteiger partial charge is 0.0956 e. The molecule has 3 heteroatoms. The molecule has 11 heavy (non-hydrogen) atoms. The van der Waals surface area contributed by atoms with Crippen LogP contribution >= 0.6 is 0 Å². The predicted octanol–water partition coefficient (Wildman–Crippen LogP) is 1.28. The number of nitrogens with zero attached hydrogens (tertiary/aromatic N) is 3. The van der Waals surface area contributed by atoms with Gasteiger partial charge >= 0.3 is 0 Å². The first-order valence-corrected chi connectivity index (χ1v) is 3.52. The van der Waals surface area contributed by atoms with E-state index in [0.29, 0.717) is 0 Å². The zero-order valence-electron chi connectivity index (χ0n) is 6.57. The molecule has 0 aromatic carbocycles. The lowest BCUT2D eigenvalue weighted by Gasteiger charge is -1.87. The Bertz CT molecular complexity index is 389. The van der Waals surface area contributed by atoms with Crippen molar-refractivity contribution in [1.29, 1.82) is 0 Å². The van der Waals surface area contributed by atoms with Crippen molar-refractivity contribution in [2.45, 2.75) is 6.92 Å². The van der Waals surface area contributed by atoms with Crippen molar-refractivity contribution in [2.24, 2.45) is 7.05 Å². The molecule has 3 nitrogen and oxygen atoms in total. The van der Waals surface area contributed by atoms with E-state index in [1.807, 2.05) is 32.4 Å². The Balaban J connectivity index is 2.82. The van der Waals surface area contributed by atoms with Crippen LogP contribution in [0.5, 0.6) is 0 Å². The van der Waals surface area contributed by atoms with Gasteiger partial charge in [0.2, 0.25) is 0 Å². The van der Waals surface area contributed by atoms with Crippen LogP contribution in [0, 0.1) is 6.92 Å². The van der Waals surface area contributed by atoms with Crippen LogP contribution in [0.1, 0.15) is 5.69 Å². The summed E-state index contributed by atoms with van der Waals surface area (Å²) in [6.07, 6.45) is 3.80. The van der Waals surface area contributed by atoms with Gasteiger partial charge in [-0.25, -0.2) is 0 Å². The molecule has 0 unspecified atom stereocenters. The molecule has 0 spiro atoms. The number of hydrogen-bond acceptors (Lipinski definition) is 2. The number of hydrogen-bond donors (Lipinski definition) is 0. The highest BCUT2D eigenvalue weighted by atomic mass is 15.2. The zero-order chi connectivity index (χ0) is 7.84. The normalized spacial score (nSPS) is 10.7. The van der Waals surface area contributed by atoms with Crippen molar-refractivity contribution in [1.82, 2.24) is 14.8 Å². The summed E-state index contributed by atoms with van der Waals surface area (Å²) in [6, 6.07) is 1.98. The van der Waals surface area contributed by atoms with E-state index in [-0.39, 0.29) is 0 Å². The van der Waals surface area contributed by atoms with Crippen molar-refractivity contribution in [2.75, 3.05) is 0 Å². The molecule has 0 N–H and O–H groups in total. The lowest BCUT2D eigenvalue weighted by molar-refractivity contribution is 0.779. The van der Waals surface area contributed by atoms with Gasteiger partial charge in [-0.1, -0.05) is 0 Å². The summed E-state index contributed by atoms with van der Waals surface area (Å²) in [6.45, 7) is 1.97. The van der Waals surface area contributed by atoms with Crippen LogP contribution in [0.25, 0.3) is 10.9 Å². The third-order valence-corrected chi connectivity index (χ3v) is 1.64. The Kier molecular flexibility index (Phi) is 1.18. The first kappa shape index (κ1) is 6.34. The molecule has 0 aliphatic heterocycles. The molecular weight excluding hydrogens is 138 g/mol. The maximum Gasteiger partial charge on any atom is 0.0956 e. The Labute approximate surface area is 64.7 Å². The highest BCUT2D eigenvalue weighted by Gasteiger charge is 1.97. The number of aromatic nitrogens is 3. The molecule has 2 rings (SSSR count). The van der Waals surface area contributed by atoms with Crippen LogP contribution in [0.3, 0.4) is 0 Å². The van der Waals surface area contributed by atoms with E-state index < -0.39 is 0 Å². The standard InChI is InChI=1S/C8H9N3/c1-6-3-8-7(4-9-6)5-11(2)10-8/h3-5H,1-2H3. The van der Waals surface area contributed by atoms with E-state index >= 15 is 0 Å². The first-order valence-electron chi connectivity index (χ1n) is 3.52. The number of fused-ring (bicyclic) bond motifs is 1. The molecule has 0 atom stereocenters. The molecule has 0 aliphatic rings. The summed E-state index contributed by atoms with van der Waals surface area (Å²) >= 11 is 0. The monoisotopic (exact) mass is 147 g/mol. The summed E-state index contributed by atoms with van der Waals surface area (Å²) in [7, 11) is 1.91. The van der Waals surface area contributed by atoms with Crippen molar-refractivity contribution in [3.8, 4) is 0 Å². The van der Waals surface area contributed by atoms with E-state index in [0.717, 1.165) is 16.6 Å². The molecule has 0 saturated heterocycles. The Morgan fingerprint density at radius 2 is 2.27 bits per heavy atom. The fraction of sp³-hybridized carbons (Fsp3) is 0.250. The highest BCUT2D eigenvalue weighted by molar-refractivity contribution is 5.77. The Morgan fingerprint density at radius 1 is 1.45 bits per heavy atom. The fourth-order valence-corrected chi connectivity index (χ4v) is 1.14. The summed E-state index contributed by atoms with van der Waals surface area (Å²) in [4.78, 5) is 4.17. The van der Waals surface area contributed by atoms with Gasteiger partial charge in [0.15, 0.2) is 0 Å². The predicted molar refractivity (Wildman–Crippen MR) is 43.2 cm³/mol. The average Bonchev–Trinajstić information content (AvgIpc) is 2.27. The number of rotatable bonds is 0. The van der Waals surface area contributed by atoms with Crippen molar-refractivity contribution in [3.05, 3.63) is 24.2 Å². The third-order valence-electron chi connectivity index (χ3n) is 1.64.